The minimum atomic E-state index is 0.788. The molecule has 1 aromatic heterocycles. The molecule has 0 aliphatic rings. The Labute approximate surface area is 99.5 Å². The average Bonchev–Trinajstić information content (AvgIpc) is 2.73. The maximum atomic E-state index is 5.77. The van der Waals surface area contributed by atoms with Crippen molar-refractivity contribution in [2.45, 2.75) is 6.92 Å². The Morgan fingerprint density at radius 2 is 1.94 bits per heavy atom. The van der Waals surface area contributed by atoms with E-state index < -0.39 is 0 Å². The molecule has 0 saturated carbocycles. The maximum absolute atomic E-state index is 5.77. The van der Waals surface area contributed by atoms with Gasteiger partial charge in [0, 0.05) is 5.69 Å². The number of para-hydroxylation sites is 2. The molecule has 0 unspecified atom stereocenters. The van der Waals surface area contributed by atoms with Crippen LogP contribution in [0.4, 0.5) is 5.69 Å². The lowest BCUT2D eigenvalue weighted by atomic mass is 10.1. The molecule has 17 heavy (non-hydrogen) atoms. The summed E-state index contributed by atoms with van der Waals surface area (Å²) in [6.07, 6.45) is 1.85. The van der Waals surface area contributed by atoms with Crippen molar-refractivity contribution in [3.8, 4) is 5.69 Å². The Morgan fingerprint density at radius 3 is 2.76 bits per heavy atom. The van der Waals surface area contributed by atoms with Gasteiger partial charge >= 0.3 is 0 Å². The fourth-order valence-corrected chi connectivity index (χ4v) is 2.10. The summed E-state index contributed by atoms with van der Waals surface area (Å²) in [5.41, 5.74) is 10.9. The molecule has 0 radical (unpaired) electrons. The lowest BCUT2D eigenvalue weighted by Gasteiger charge is -2.08. The number of aromatic nitrogens is 2. The van der Waals surface area contributed by atoms with E-state index in [9.17, 15) is 0 Å². The Balaban J connectivity index is 2.27. The second-order valence-electron chi connectivity index (χ2n) is 4.15. The van der Waals surface area contributed by atoms with Gasteiger partial charge in [-0.25, -0.2) is 4.98 Å². The molecular formula is C14H13N3. The molecule has 1 heterocycles. The minimum Gasteiger partial charge on any atom is -0.399 e. The molecular weight excluding hydrogens is 210 g/mol. The van der Waals surface area contributed by atoms with Crippen LogP contribution in [-0.4, -0.2) is 9.55 Å². The van der Waals surface area contributed by atoms with E-state index in [1.165, 1.54) is 0 Å². The Bertz CT molecular complexity index is 683. The SMILES string of the molecule is Cc1cc(N)ccc1-n1cnc2ccccc21. The van der Waals surface area contributed by atoms with E-state index in [2.05, 4.69) is 22.5 Å². The largest absolute Gasteiger partial charge is 0.399 e. The predicted molar refractivity (Wildman–Crippen MR) is 70.2 cm³/mol. The highest BCUT2D eigenvalue weighted by Crippen LogP contribution is 2.22. The van der Waals surface area contributed by atoms with Gasteiger partial charge in [0.1, 0.15) is 6.33 Å². The van der Waals surface area contributed by atoms with E-state index in [0.717, 1.165) is 28.0 Å². The number of nitrogen functional groups attached to an aromatic ring is 1. The van der Waals surface area contributed by atoms with E-state index in [4.69, 9.17) is 5.73 Å². The Hall–Kier alpha value is -2.29. The van der Waals surface area contributed by atoms with Crippen LogP contribution in [0, 0.1) is 6.92 Å². The van der Waals surface area contributed by atoms with Crippen molar-refractivity contribution in [3.05, 3.63) is 54.4 Å². The third-order valence-electron chi connectivity index (χ3n) is 2.93. The average molecular weight is 223 g/mol. The van der Waals surface area contributed by atoms with Gasteiger partial charge in [0.05, 0.1) is 16.7 Å². The zero-order chi connectivity index (χ0) is 11.8. The minimum absolute atomic E-state index is 0.788. The van der Waals surface area contributed by atoms with Crippen LogP contribution in [0.1, 0.15) is 5.56 Å². The Morgan fingerprint density at radius 1 is 1.12 bits per heavy atom. The number of aryl methyl sites for hydroxylation is 1. The normalized spacial score (nSPS) is 10.9. The summed E-state index contributed by atoms with van der Waals surface area (Å²) in [7, 11) is 0. The highest BCUT2D eigenvalue weighted by molar-refractivity contribution is 5.77. The summed E-state index contributed by atoms with van der Waals surface area (Å²) in [6.45, 7) is 2.06. The monoisotopic (exact) mass is 223 g/mol. The van der Waals surface area contributed by atoms with Gasteiger partial charge in [0.15, 0.2) is 0 Å². The molecule has 0 spiro atoms. The predicted octanol–water partition coefficient (Wildman–Crippen LogP) is 2.92. The number of imidazole rings is 1. The lowest BCUT2D eigenvalue weighted by Crippen LogP contribution is -1.96. The van der Waals surface area contributed by atoms with E-state index >= 15 is 0 Å². The van der Waals surface area contributed by atoms with Crippen LogP contribution in [0.15, 0.2) is 48.8 Å². The number of hydrogen-bond donors (Lipinski definition) is 1. The molecule has 2 N–H and O–H groups in total. The third-order valence-corrected chi connectivity index (χ3v) is 2.93. The molecule has 0 fully saturated rings. The number of nitrogens with two attached hydrogens (primary N) is 1. The summed E-state index contributed by atoms with van der Waals surface area (Å²) in [5, 5.41) is 0. The first-order valence-corrected chi connectivity index (χ1v) is 5.54. The van der Waals surface area contributed by atoms with Crippen LogP contribution in [-0.2, 0) is 0 Å². The summed E-state index contributed by atoms with van der Waals surface area (Å²) in [6, 6.07) is 14.0. The molecule has 0 aliphatic heterocycles. The summed E-state index contributed by atoms with van der Waals surface area (Å²) >= 11 is 0. The second-order valence-corrected chi connectivity index (χ2v) is 4.15. The van der Waals surface area contributed by atoms with Gasteiger partial charge in [-0.05, 0) is 42.8 Å². The smallest absolute Gasteiger partial charge is 0.100 e. The van der Waals surface area contributed by atoms with E-state index in [1.807, 2.05) is 42.7 Å². The lowest BCUT2D eigenvalue weighted by molar-refractivity contribution is 1.07. The van der Waals surface area contributed by atoms with Crippen LogP contribution in [0.3, 0.4) is 0 Å². The molecule has 0 atom stereocenters. The molecule has 3 aromatic rings. The van der Waals surface area contributed by atoms with Gasteiger partial charge in [-0.2, -0.15) is 0 Å². The van der Waals surface area contributed by atoms with E-state index in [1.54, 1.807) is 0 Å². The van der Waals surface area contributed by atoms with E-state index in [-0.39, 0.29) is 0 Å². The fraction of sp³-hybridized carbons (Fsp3) is 0.0714. The van der Waals surface area contributed by atoms with Gasteiger partial charge in [0.25, 0.3) is 0 Å². The van der Waals surface area contributed by atoms with Crippen LogP contribution in [0.25, 0.3) is 16.7 Å². The summed E-state index contributed by atoms with van der Waals surface area (Å²) in [4.78, 5) is 4.39. The zero-order valence-electron chi connectivity index (χ0n) is 9.59. The Kier molecular flexibility index (Phi) is 2.11. The van der Waals surface area contributed by atoms with Gasteiger partial charge in [-0.15, -0.1) is 0 Å². The molecule has 2 aromatic carbocycles. The van der Waals surface area contributed by atoms with Gasteiger partial charge in [-0.3, -0.25) is 4.57 Å². The maximum Gasteiger partial charge on any atom is 0.100 e. The molecule has 0 amide bonds. The van der Waals surface area contributed by atoms with Crippen molar-refractivity contribution in [2.75, 3.05) is 5.73 Å². The molecule has 0 bridgehead atoms. The quantitative estimate of drug-likeness (QED) is 0.644. The number of benzene rings is 2. The molecule has 84 valence electrons. The topological polar surface area (TPSA) is 43.8 Å². The van der Waals surface area contributed by atoms with Crippen molar-refractivity contribution < 1.29 is 0 Å². The third kappa shape index (κ3) is 1.56. The van der Waals surface area contributed by atoms with Crippen molar-refractivity contribution >= 4 is 16.7 Å². The van der Waals surface area contributed by atoms with Gasteiger partial charge < -0.3 is 5.73 Å². The van der Waals surface area contributed by atoms with Gasteiger partial charge in [-0.1, -0.05) is 12.1 Å². The van der Waals surface area contributed by atoms with Crippen LogP contribution in [0.5, 0.6) is 0 Å². The van der Waals surface area contributed by atoms with Crippen LogP contribution < -0.4 is 5.73 Å². The number of rotatable bonds is 1. The highest BCUT2D eigenvalue weighted by Gasteiger charge is 2.06. The first kappa shape index (κ1) is 9.90. The molecule has 3 rings (SSSR count). The highest BCUT2D eigenvalue weighted by atomic mass is 15.0. The molecule has 0 saturated heterocycles. The molecule has 3 heteroatoms. The summed E-state index contributed by atoms with van der Waals surface area (Å²) < 4.78 is 2.09. The number of anilines is 1. The zero-order valence-corrected chi connectivity index (χ0v) is 9.59. The second kappa shape index (κ2) is 3.63. The van der Waals surface area contributed by atoms with Crippen molar-refractivity contribution in [3.63, 3.8) is 0 Å². The number of fused-ring (bicyclic) bond motifs is 1. The standard InChI is InChI=1S/C14H13N3/c1-10-8-11(15)6-7-13(10)17-9-16-12-4-2-3-5-14(12)17/h2-9H,15H2,1H3. The first-order chi connectivity index (χ1) is 8.25. The molecule has 0 aliphatic carbocycles. The van der Waals surface area contributed by atoms with E-state index in [0.29, 0.717) is 0 Å². The van der Waals surface area contributed by atoms with Crippen LogP contribution in [0.2, 0.25) is 0 Å². The van der Waals surface area contributed by atoms with Crippen molar-refractivity contribution in [1.29, 1.82) is 0 Å². The summed E-state index contributed by atoms with van der Waals surface area (Å²) in [5.74, 6) is 0. The fourth-order valence-electron chi connectivity index (χ4n) is 2.10. The van der Waals surface area contributed by atoms with Crippen molar-refractivity contribution in [1.82, 2.24) is 9.55 Å². The number of hydrogen-bond acceptors (Lipinski definition) is 2. The molecule has 3 nitrogen and oxygen atoms in total. The first-order valence-electron chi connectivity index (χ1n) is 5.54. The van der Waals surface area contributed by atoms with Crippen molar-refractivity contribution in [2.24, 2.45) is 0 Å². The van der Waals surface area contributed by atoms with Crippen LogP contribution >= 0.6 is 0 Å². The van der Waals surface area contributed by atoms with Gasteiger partial charge in [0.2, 0.25) is 0 Å². The number of nitrogens with zero attached hydrogens (tertiary/aromatic N) is 2.